The second-order valence-corrected chi connectivity index (χ2v) is 6.40. The zero-order chi connectivity index (χ0) is 16.9. The number of aromatic nitrogens is 1. The number of anilines is 1. The van der Waals surface area contributed by atoms with Gasteiger partial charge in [-0.3, -0.25) is 4.79 Å². The monoisotopic (exact) mass is 345 g/mol. The lowest BCUT2D eigenvalue weighted by Crippen LogP contribution is -2.17. The van der Waals surface area contributed by atoms with E-state index in [1.54, 1.807) is 6.07 Å². The van der Waals surface area contributed by atoms with Crippen molar-refractivity contribution >= 4 is 23.3 Å². The molecule has 24 heavy (non-hydrogen) atoms. The van der Waals surface area contributed by atoms with Crippen LogP contribution in [0.5, 0.6) is 0 Å². The maximum atomic E-state index is 11.2. The van der Waals surface area contributed by atoms with Gasteiger partial charge in [0.15, 0.2) is 0 Å². The SMILES string of the molecule is NC(=O)c1cnc(NC(CC2CCOC2)c2ccccc2)c(Cl)c1. The van der Waals surface area contributed by atoms with Crippen molar-refractivity contribution < 1.29 is 9.53 Å². The van der Waals surface area contributed by atoms with Crippen molar-refractivity contribution in [3.8, 4) is 0 Å². The zero-order valence-electron chi connectivity index (χ0n) is 13.2. The second kappa shape index (κ2) is 7.64. The fourth-order valence-corrected chi connectivity index (χ4v) is 3.13. The van der Waals surface area contributed by atoms with Crippen molar-refractivity contribution in [1.29, 1.82) is 0 Å². The highest BCUT2D eigenvalue weighted by atomic mass is 35.5. The van der Waals surface area contributed by atoms with Crippen molar-refractivity contribution in [1.82, 2.24) is 4.98 Å². The molecule has 2 unspecified atom stereocenters. The summed E-state index contributed by atoms with van der Waals surface area (Å²) in [7, 11) is 0. The van der Waals surface area contributed by atoms with E-state index in [0.29, 0.717) is 22.3 Å². The van der Waals surface area contributed by atoms with Crippen LogP contribution in [0, 0.1) is 5.92 Å². The molecule has 1 aliphatic heterocycles. The topological polar surface area (TPSA) is 77.2 Å². The molecule has 126 valence electrons. The quantitative estimate of drug-likeness (QED) is 0.841. The first kappa shape index (κ1) is 16.7. The highest BCUT2D eigenvalue weighted by Crippen LogP contribution is 2.31. The summed E-state index contributed by atoms with van der Waals surface area (Å²) in [6, 6.07) is 11.8. The standard InChI is InChI=1S/C18H20ClN3O2/c19-15-9-14(17(20)23)10-21-18(15)22-16(8-12-6-7-24-11-12)13-4-2-1-3-5-13/h1-5,9-10,12,16H,6-8,11H2,(H2,20,23)(H,21,22). The van der Waals surface area contributed by atoms with E-state index >= 15 is 0 Å². The number of primary amides is 1. The number of nitrogens with two attached hydrogens (primary N) is 1. The lowest BCUT2D eigenvalue weighted by Gasteiger charge is -2.23. The predicted molar refractivity (Wildman–Crippen MR) is 94.1 cm³/mol. The van der Waals surface area contributed by atoms with Crippen LogP contribution < -0.4 is 11.1 Å². The zero-order valence-corrected chi connectivity index (χ0v) is 14.0. The van der Waals surface area contributed by atoms with Crippen molar-refractivity contribution in [2.75, 3.05) is 18.5 Å². The molecular weight excluding hydrogens is 326 g/mol. The van der Waals surface area contributed by atoms with E-state index in [1.807, 2.05) is 18.2 Å². The summed E-state index contributed by atoms with van der Waals surface area (Å²) in [5.74, 6) is 0.513. The average Bonchev–Trinajstić information content (AvgIpc) is 3.09. The first-order valence-corrected chi connectivity index (χ1v) is 8.36. The molecule has 0 saturated carbocycles. The third-order valence-electron chi connectivity index (χ3n) is 4.23. The minimum Gasteiger partial charge on any atom is -0.381 e. The van der Waals surface area contributed by atoms with E-state index in [4.69, 9.17) is 22.1 Å². The highest BCUT2D eigenvalue weighted by molar-refractivity contribution is 6.33. The summed E-state index contributed by atoms with van der Waals surface area (Å²) < 4.78 is 5.49. The number of carbonyl (C=O) groups is 1. The minimum atomic E-state index is -0.543. The largest absolute Gasteiger partial charge is 0.381 e. The fourth-order valence-electron chi connectivity index (χ4n) is 2.91. The van der Waals surface area contributed by atoms with Crippen molar-refractivity contribution in [2.45, 2.75) is 18.9 Å². The average molecular weight is 346 g/mol. The Morgan fingerprint density at radius 2 is 2.21 bits per heavy atom. The molecule has 2 aromatic rings. The molecule has 1 saturated heterocycles. The third kappa shape index (κ3) is 4.04. The van der Waals surface area contributed by atoms with Gasteiger partial charge in [0.05, 0.1) is 16.6 Å². The van der Waals surface area contributed by atoms with Crippen LogP contribution in [0.15, 0.2) is 42.6 Å². The highest BCUT2D eigenvalue weighted by Gasteiger charge is 2.23. The molecule has 3 rings (SSSR count). The van der Waals surface area contributed by atoms with Gasteiger partial charge in [-0.1, -0.05) is 41.9 Å². The van der Waals surface area contributed by atoms with Crippen LogP contribution in [0.4, 0.5) is 5.82 Å². The first-order chi connectivity index (χ1) is 11.6. The number of pyridine rings is 1. The Hall–Kier alpha value is -2.11. The van der Waals surface area contributed by atoms with Gasteiger partial charge in [-0.05, 0) is 30.4 Å². The Morgan fingerprint density at radius 1 is 1.42 bits per heavy atom. The van der Waals surface area contributed by atoms with Crippen LogP contribution in [0.1, 0.15) is 34.8 Å². The maximum Gasteiger partial charge on any atom is 0.250 e. The van der Waals surface area contributed by atoms with Gasteiger partial charge in [-0.15, -0.1) is 0 Å². The summed E-state index contributed by atoms with van der Waals surface area (Å²) >= 11 is 6.26. The number of rotatable bonds is 6. The summed E-state index contributed by atoms with van der Waals surface area (Å²) in [5.41, 5.74) is 6.73. The molecule has 0 bridgehead atoms. The molecule has 5 nitrogen and oxygen atoms in total. The van der Waals surface area contributed by atoms with Crippen LogP contribution >= 0.6 is 11.6 Å². The molecule has 0 spiro atoms. The second-order valence-electron chi connectivity index (χ2n) is 5.99. The Kier molecular flexibility index (Phi) is 5.33. The van der Waals surface area contributed by atoms with Gasteiger partial charge >= 0.3 is 0 Å². The number of hydrogen-bond donors (Lipinski definition) is 2. The number of hydrogen-bond acceptors (Lipinski definition) is 4. The fraction of sp³-hybridized carbons (Fsp3) is 0.333. The number of carbonyl (C=O) groups excluding carboxylic acids is 1. The molecule has 3 N–H and O–H groups in total. The maximum absolute atomic E-state index is 11.2. The normalized spacial score (nSPS) is 18.3. The molecule has 0 radical (unpaired) electrons. The lowest BCUT2D eigenvalue weighted by molar-refractivity contribution is 0.1000. The smallest absolute Gasteiger partial charge is 0.250 e. The summed E-state index contributed by atoms with van der Waals surface area (Å²) in [6.45, 7) is 1.60. The van der Waals surface area contributed by atoms with Gasteiger partial charge in [0.2, 0.25) is 5.91 Å². The van der Waals surface area contributed by atoms with Crippen LogP contribution in [0.2, 0.25) is 5.02 Å². The molecule has 1 amide bonds. The lowest BCUT2D eigenvalue weighted by atomic mass is 9.94. The van der Waals surface area contributed by atoms with E-state index in [9.17, 15) is 4.79 Å². The molecule has 0 aliphatic carbocycles. The molecular formula is C18H20ClN3O2. The van der Waals surface area contributed by atoms with Gasteiger partial charge in [0.1, 0.15) is 5.82 Å². The van der Waals surface area contributed by atoms with Gasteiger partial charge in [-0.2, -0.15) is 0 Å². The first-order valence-electron chi connectivity index (χ1n) is 7.98. The van der Waals surface area contributed by atoms with Crippen LogP contribution in [-0.2, 0) is 4.74 Å². The summed E-state index contributed by atoms with van der Waals surface area (Å²) in [5, 5.41) is 3.79. The molecule has 2 heterocycles. The number of ether oxygens (including phenoxy) is 1. The van der Waals surface area contributed by atoms with E-state index in [1.165, 1.54) is 11.8 Å². The minimum absolute atomic E-state index is 0.0716. The number of nitrogens with zero attached hydrogens (tertiary/aromatic N) is 1. The summed E-state index contributed by atoms with van der Waals surface area (Å²) in [4.78, 5) is 15.5. The number of benzene rings is 1. The number of nitrogens with one attached hydrogen (secondary N) is 1. The molecule has 2 atom stereocenters. The van der Waals surface area contributed by atoms with Crippen LogP contribution in [0.25, 0.3) is 0 Å². The Balaban J connectivity index is 1.82. The van der Waals surface area contributed by atoms with Gasteiger partial charge in [0.25, 0.3) is 0 Å². The van der Waals surface area contributed by atoms with Gasteiger partial charge in [0, 0.05) is 19.4 Å². The molecule has 6 heteroatoms. The van der Waals surface area contributed by atoms with E-state index in [2.05, 4.69) is 22.4 Å². The number of halogens is 1. The Morgan fingerprint density at radius 3 is 2.83 bits per heavy atom. The van der Waals surface area contributed by atoms with Crippen molar-refractivity contribution in [2.24, 2.45) is 11.7 Å². The van der Waals surface area contributed by atoms with E-state index in [0.717, 1.165) is 26.1 Å². The molecule has 1 aromatic heterocycles. The molecule has 1 fully saturated rings. The van der Waals surface area contributed by atoms with Crippen LogP contribution in [0.3, 0.4) is 0 Å². The Labute approximate surface area is 146 Å². The van der Waals surface area contributed by atoms with E-state index < -0.39 is 5.91 Å². The van der Waals surface area contributed by atoms with Gasteiger partial charge < -0.3 is 15.8 Å². The Bertz CT molecular complexity index is 703. The van der Waals surface area contributed by atoms with Gasteiger partial charge in [-0.25, -0.2) is 4.98 Å². The van der Waals surface area contributed by atoms with Crippen molar-refractivity contribution in [3.05, 3.63) is 58.7 Å². The predicted octanol–water partition coefficient (Wildman–Crippen LogP) is 3.41. The number of amides is 1. The summed E-state index contributed by atoms with van der Waals surface area (Å²) in [6.07, 6.45) is 3.43. The molecule has 1 aliphatic rings. The third-order valence-corrected chi connectivity index (χ3v) is 4.52. The van der Waals surface area contributed by atoms with Crippen LogP contribution in [-0.4, -0.2) is 24.1 Å². The molecule has 1 aromatic carbocycles. The van der Waals surface area contributed by atoms with E-state index in [-0.39, 0.29) is 6.04 Å². The van der Waals surface area contributed by atoms with Crippen molar-refractivity contribution in [3.63, 3.8) is 0 Å².